The number of nitrogens with two attached hydrogens (primary N) is 1. The van der Waals surface area contributed by atoms with Crippen LogP contribution < -0.4 is 10.6 Å². The smallest absolute Gasteiger partial charge is 0.325 e. The molecule has 0 saturated heterocycles. The van der Waals surface area contributed by atoms with Crippen LogP contribution in [-0.2, 0) is 4.57 Å². The maximum Gasteiger partial charge on any atom is 0.325 e. The second kappa shape index (κ2) is 6.35. The second-order valence-electron chi connectivity index (χ2n) is 4.52. The summed E-state index contributed by atoms with van der Waals surface area (Å²) in [5.41, 5.74) is 6.42. The van der Waals surface area contributed by atoms with Gasteiger partial charge in [0.05, 0.1) is 6.16 Å². The van der Waals surface area contributed by atoms with Gasteiger partial charge in [-0.1, -0.05) is 0 Å². The molecule has 0 saturated carbocycles. The quantitative estimate of drug-likeness (QED) is 0.471. The first-order chi connectivity index (χ1) is 9.90. The Hall–Kier alpha value is -1.74. The van der Waals surface area contributed by atoms with E-state index in [2.05, 4.69) is 15.0 Å². The molecule has 0 radical (unpaired) electrons. The lowest BCUT2D eigenvalue weighted by molar-refractivity contribution is 0.0621. The molecular formula is C10H16N5O5P. The number of hydrogen-bond donors (Lipinski definition) is 4. The van der Waals surface area contributed by atoms with Crippen molar-refractivity contribution in [2.75, 3.05) is 25.1 Å². The van der Waals surface area contributed by atoms with Crippen molar-refractivity contribution in [1.82, 2.24) is 19.7 Å². The van der Waals surface area contributed by atoms with Gasteiger partial charge >= 0.3 is 7.60 Å². The van der Waals surface area contributed by atoms with Gasteiger partial charge in [-0.2, -0.15) is 4.73 Å². The Morgan fingerprint density at radius 2 is 2.14 bits per heavy atom. The lowest BCUT2D eigenvalue weighted by Gasteiger charge is -2.15. The summed E-state index contributed by atoms with van der Waals surface area (Å²) >= 11 is 0. The molecule has 0 aliphatic rings. The van der Waals surface area contributed by atoms with E-state index in [1.54, 1.807) is 0 Å². The number of anilines is 1. The Labute approximate surface area is 119 Å². The Bertz CT molecular complexity index is 656. The molecule has 2 rings (SSSR count). The third-order valence-electron chi connectivity index (χ3n) is 2.87. The summed E-state index contributed by atoms with van der Waals surface area (Å²) in [5.74, 6) is -0.184. The van der Waals surface area contributed by atoms with Gasteiger partial charge in [0.1, 0.15) is 19.3 Å². The van der Waals surface area contributed by atoms with Crippen LogP contribution in [0, 0.1) is 5.92 Å². The van der Waals surface area contributed by atoms with Gasteiger partial charge in [-0.15, -0.1) is 0 Å². The monoisotopic (exact) mass is 317 g/mol. The van der Waals surface area contributed by atoms with Gasteiger partial charge in [0.25, 0.3) is 0 Å². The molecule has 1 atom stereocenters. The molecule has 11 heteroatoms. The van der Waals surface area contributed by atoms with E-state index in [0.29, 0.717) is 11.2 Å². The first-order valence-electron chi connectivity index (χ1n) is 6.13. The van der Waals surface area contributed by atoms with Gasteiger partial charge in [0.2, 0.25) is 5.65 Å². The predicted molar refractivity (Wildman–Crippen MR) is 73.3 cm³/mol. The van der Waals surface area contributed by atoms with Crippen molar-refractivity contribution < 1.29 is 24.3 Å². The summed E-state index contributed by atoms with van der Waals surface area (Å²) in [7, 11) is -4.09. The highest BCUT2D eigenvalue weighted by Crippen LogP contribution is 2.36. The Morgan fingerprint density at radius 1 is 1.38 bits per heavy atom. The van der Waals surface area contributed by atoms with E-state index in [9.17, 15) is 9.67 Å². The van der Waals surface area contributed by atoms with E-state index in [-0.39, 0.29) is 31.6 Å². The molecule has 0 aromatic carbocycles. The molecule has 21 heavy (non-hydrogen) atoms. The zero-order valence-electron chi connectivity index (χ0n) is 11.0. The molecule has 2 heterocycles. The molecule has 0 fully saturated rings. The van der Waals surface area contributed by atoms with Gasteiger partial charge in [-0.3, -0.25) is 4.57 Å². The number of aliphatic hydroxyl groups excluding tert-OH is 1. The van der Waals surface area contributed by atoms with Crippen LogP contribution in [0.5, 0.6) is 0 Å². The van der Waals surface area contributed by atoms with Crippen molar-refractivity contribution in [2.24, 2.45) is 5.92 Å². The molecular weight excluding hydrogens is 301 g/mol. The molecule has 10 nitrogen and oxygen atoms in total. The van der Waals surface area contributed by atoms with Crippen LogP contribution in [0.3, 0.4) is 0 Å². The van der Waals surface area contributed by atoms with Crippen molar-refractivity contribution in [1.29, 1.82) is 0 Å². The van der Waals surface area contributed by atoms with Crippen LogP contribution in [0.4, 0.5) is 5.82 Å². The molecule has 2 aromatic rings. The fourth-order valence-electron chi connectivity index (χ4n) is 1.69. The summed E-state index contributed by atoms with van der Waals surface area (Å²) in [5, 5.41) is 9.21. The lowest BCUT2D eigenvalue weighted by Crippen LogP contribution is -2.23. The average Bonchev–Trinajstić information content (AvgIpc) is 2.83. The maximum atomic E-state index is 10.8. The third kappa shape index (κ3) is 4.11. The SMILES string of the molecule is Nc1ncnc2c1ncn2OCC(CO)CCP(=O)(O)O. The second-order valence-corrected chi connectivity index (χ2v) is 6.30. The molecule has 0 bridgehead atoms. The lowest BCUT2D eigenvalue weighted by atomic mass is 10.1. The number of fused-ring (bicyclic) bond motifs is 1. The summed E-state index contributed by atoms with van der Waals surface area (Å²) < 4.78 is 12.1. The van der Waals surface area contributed by atoms with Gasteiger partial charge in [-0.05, 0) is 6.42 Å². The molecule has 0 spiro atoms. The molecule has 0 amide bonds. The molecule has 0 aliphatic heterocycles. The third-order valence-corrected chi connectivity index (χ3v) is 3.71. The van der Waals surface area contributed by atoms with E-state index in [1.165, 1.54) is 17.4 Å². The van der Waals surface area contributed by atoms with E-state index in [1.807, 2.05) is 0 Å². The topological polar surface area (TPSA) is 157 Å². The first kappa shape index (κ1) is 15.6. The molecule has 1 unspecified atom stereocenters. The van der Waals surface area contributed by atoms with Crippen LogP contribution in [-0.4, -0.2) is 54.0 Å². The number of nitrogen functional groups attached to an aromatic ring is 1. The number of hydrogen-bond acceptors (Lipinski definition) is 7. The van der Waals surface area contributed by atoms with E-state index >= 15 is 0 Å². The van der Waals surface area contributed by atoms with Gasteiger partial charge < -0.3 is 25.5 Å². The Kier molecular flexibility index (Phi) is 4.73. The van der Waals surface area contributed by atoms with Gasteiger partial charge in [0.15, 0.2) is 11.3 Å². The summed E-state index contributed by atoms with van der Waals surface area (Å²) in [6, 6.07) is 0. The van der Waals surface area contributed by atoms with Crippen molar-refractivity contribution in [3.8, 4) is 0 Å². The molecule has 5 N–H and O–H groups in total. The average molecular weight is 317 g/mol. The number of rotatable bonds is 7. The van der Waals surface area contributed by atoms with E-state index in [4.69, 9.17) is 20.4 Å². The van der Waals surface area contributed by atoms with Crippen molar-refractivity contribution in [2.45, 2.75) is 6.42 Å². The minimum absolute atomic E-state index is 0.0614. The number of imidazole rings is 1. The highest BCUT2D eigenvalue weighted by Gasteiger charge is 2.18. The molecule has 116 valence electrons. The van der Waals surface area contributed by atoms with Crippen LogP contribution in [0.2, 0.25) is 0 Å². The predicted octanol–water partition coefficient (Wildman–Crippen LogP) is -0.987. The van der Waals surface area contributed by atoms with Crippen molar-refractivity contribution in [3.05, 3.63) is 12.7 Å². The first-order valence-corrected chi connectivity index (χ1v) is 7.92. The van der Waals surface area contributed by atoms with Crippen LogP contribution in [0.15, 0.2) is 12.7 Å². The summed E-state index contributed by atoms with van der Waals surface area (Å²) in [6.45, 7) is -0.185. The molecule has 2 aromatic heterocycles. The number of aliphatic hydroxyl groups is 1. The van der Waals surface area contributed by atoms with Crippen molar-refractivity contribution in [3.63, 3.8) is 0 Å². The van der Waals surface area contributed by atoms with Gasteiger partial charge in [0, 0.05) is 12.5 Å². The summed E-state index contributed by atoms with van der Waals surface area (Å²) in [6.07, 6.45) is 2.48. The zero-order chi connectivity index (χ0) is 15.5. The van der Waals surface area contributed by atoms with E-state index in [0.717, 1.165) is 0 Å². The summed E-state index contributed by atoms with van der Waals surface area (Å²) in [4.78, 5) is 34.9. The highest BCUT2D eigenvalue weighted by molar-refractivity contribution is 7.51. The minimum Gasteiger partial charge on any atom is -0.410 e. The maximum absolute atomic E-state index is 10.8. The largest absolute Gasteiger partial charge is 0.410 e. The van der Waals surface area contributed by atoms with E-state index < -0.39 is 13.5 Å². The molecule has 0 aliphatic carbocycles. The van der Waals surface area contributed by atoms with Crippen LogP contribution in [0.25, 0.3) is 11.2 Å². The van der Waals surface area contributed by atoms with Crippen LogP contribution in [0.1, 0.15) is 6.42 Å². The minimum atomic E-state index is -4.09. The number of aromatic nitrogens is 4. The fourth-order valence-corrected chi connectivity index (χ4v) is 2.39. The highest BCUT2D eigenvalue weighted by atomic mass is 31.2. The Balaban J connectivity index is 2.00. The standard InChI is InChI=1S/C10H16N5O5P/c11-9-8-10(13-5-12-9)15(6-14-8)20-4-7(3-16)1-2-21(17,18)19/h5-7,16H,1-4H2,(H2,11,12,13)(H2,17,18,19). The fraction of sp³-hybridized carbons (Fsp3) is 0.500. The zero-order valence-corrected chi connectivity index (χ0v) is 11.9. The Morgan fingerprint density at radius 3 is 2.81 bits per heavy atom. The van der Waals surface area contributed by atoms with Crippen LogP contribution >= 0.6 is 7.60 Å². The van der Waals surface area contributed by atoms with Gasteiger partial charge in [-0.25, -0.2) is 15.0 Å². The van der Waals surface area contributed by atoms with Crippen molar-refractivity contribution >= 4 is 24.6 Å². The normalized spacial score (nSPS) is 13.5. The number of nitrogens with zero attached hydrogens (tertiary/aromatic N) is 4.